The molecular weight excluding hydrogens is 348 g/mol. The third-order valence-corrected chi connectivity index (χ3v) is 5.71. The highest BCUT2D eigenvalue weighted by molar-refractivity contribution is 7.13. The molecule has 8 heteroatoms. The molecule has 2 aliphatic rings. The Morgan fingerprint density at radius 1 is 1.42 bits per heavy atom. The van der Waals surface area contributed by atoms with Crippen LogP contribution < -0.4 is 11.1 Å². The van der Waals surface area contributed by atoms with Gasteiger partial charge in [-0.3, -0.25) is 9.59 Å². The Hall–Kier alpha value is -1.18. The summed E-state index contributed by atoms with van der Waals surface area (Å²) in [6.07, 6.45) is 2.52. The normalized spacial score (nSPS) is 25.5. The molecule has 134 valence electrons. The zero-order valence-electron chi connectivity index (χ0n) is 14.0. The molecule has 3 atom stereocenters. The monoisotopic (exact) mass is 372 g/mol. The van der Waals surface area contributed by atoms with Crippen molar-refractivity contribution in [2.24, 2.45) is 23.5 Å². The van der Waals surface area contributed by atoms with Gasteiger partial charge in [0.25, 0.3) is 0 Å². The zero-order valence-corrected chi connectivity index (χ0v) is 15.7. The molecule has 0 spiro atoms. The maximum Gasteiger partial charge on any atom is 0.228 e. The number of hydrogen-bond donors (Lipinski definition) is 2. The first-order valence-corrected chi connectivity index (χ1v) is 9.10. The number of anilines is 1. The number of nitrogens with zero attached hydrogens (tertiary/aromatic N) is 2. The minimum absolute atomic E-state index is 0. The number of nitrogens with one attached hydrogen (secondary N) is 1. The molecular formula is C16H25ClN4O2S. The van der Waals surface area contributed by atoms with Crippen molar-refractivity contribution in [3.05, 3.63) is 11.1 Å². The van der Waals surface area contributed by atoms with Gasteiger partial charge in [-0.15, -0.1) is 23.7 Å². The fraction of sp³-hybridized carbons (Fsp3) is 0.688. The van der Waals surface area contributed by atoms with Gasteiger partial charge in [-0.25, -0.2) is 4.98 Å². The van der Waals surface area contributed by atoms with Crippen molar-refractivity contribution in [2.45, 2.75) is 39.2 Å². The number of carbonyl (C=O) groups is 2. The average Bonchev–Trinajstić information content (AvgIpc) is 3.17. The van der Waals surface area contributed by atoms with Crippen LogP contribution in [0.3, 0.4) is 0 Å². The summed E-state index contributed by atoms with van der Waals surface area (Å²) < 4.78 is 0. The van der Waals surface area contributed by atoms with Crippen LogP contribution in [-0.4, -0.2) is 40.8 Å². The number of carbonyl (C=O) groups excluding carboxylic acids is 2. The number of fused-ring (bicyclic) bond motifs is 1. The number of thiazole rings is 1. The third-order valence-electron chi connectivity index (χ3n) is 4.90. The Balaban J connectivity index is 0.00000208. The molecule has 6 nitrogen and oxygen atoms in total. The summed E-state index contributed by atoms with van der Waals surface area (Å²) in [7, 11) is 0. The summed E-state index contributed by atoms with van der Waals surface area (Å²) in [5.41, 5.74) is 6.84. The van der Waals surface area contributed by atoms with Gasteiger partial charge in [0.2, 0.25) is 11.8 Å². The molecule has 1 saturated heterocycles. The molecule has 1 aliphatic carbocycles. The Bertz CT molecular complexity index is 607. The molecule has 0 aromatic carbocycles. The van der Waals surface area contributed by atoms with Gasteiger partial charge in [0.15, 0.2) is 5.13 Å². The standard InChI is InChI=1S/C16H24N4O2S.ClH/c1-9(2)15(22)19-16-18-11(8-23-16)5-14(21)20-6-10-3-4-13(17)12(10)7-20;/h8-10,12-13H,3-7,17H2,1-2H3,(H,18,19,22);1H. The van der Waals surface area contributed by atoms with Crippen LogP contribution >= 0.6 is 23.7 Å². The maximum absolute atomic E-state index is 12.5. The van der Waals surface area contributed by atoms with Crippen molar-refractivity contribution >= 4 is 40.7 Å². The zero-order chi connectivity index (χ0) is 16.6. The Morgan fingerprint density at radius 3 is 2.83 bits per heavy atom. The van der Waals surface area contributed by atoms with E-state index in [2.05, 4.69) is 10.3 Å². The highest BCUT2D eigenvalue weighted by Crippen LogP contribution is 2.37. The van der Waals surface area contributed by atoms with Crippen LogP contribution in [0.4, 0.5) is 5.13 Å². The van der Waals surface area contributed by atoms with Crippen LogP contribution in [0.25, 0.3) is 0 Å². The van der Waals surface area contributed by atoms with Crippen LogP contribution in [0.5, 0.6) is 0 Å². The minimum atomic E-state index is -0.0859. The van der Waals surface area contributed by atoms with E-state index in [-0.39, 0.29) is 36.2 Å². The second-order valence-electron chi connectivity index (χ2n) is 6.93. The van der Waals surface area contributed by atoms with Gasteiger partial charge in [0.05, 0.1) is 12.1 Å². The number of halogens is 1. The fourth-order valence-electron chi connectivity index (χ4n) is 3.47. The maximum atomic E-state index is 12.5. The molecule has 1 aliphatic heterocycles. The topological polar surface area (TPSA) is 88.3 Å². The van der Waals surface area contributed by atoms with Gasteiger partial charge in [-0.2, -0.15) is 0 Å². The highest BCUT2D eigenvalue weighted by atomic mass is 35.5. The summed E-state index contributed by atoms with van der Waals surface area (Å²) in [6, 6.07) is 0.245. The number of amides is 2. The second-order valence-corrected chi connectivity index (χ2v) is 7.79. The van der Waals surface area contributed by atoms with Crippen LogP contribution in [0.15, 0.2) is 5.38 Å². The number of aromatic nitrogens is 1. The molecule has 1 aromatic heterocycles. The van der Waals surface area contributed by atoms with Gasteiger partial charge < -0.3 is 16.0 Å². The molecule has 3 unspecified atom stereocenters. The second kappa shape index (κ2) is 7.80. The van der Waals surface area contributed by atoms with Crippen LogP contribution in [0, 0.1) is 17.8 Å². The van der Waals surface area contributed by atoms with Gasteiger partial charge >= 0.3 is 0 Å². The third kappa shape index (κ3) is 4.07. The molecule has 2 heterocycles. The first kappa shape index (κ1) is 19.1. The quantitative estimate of drug-likeness (QED) is 0.844. The molecule has 1 saturated carbocycles. The molecule has 2 fully saturated rings. The average molecular weight is 373 g/mol. The summed E-state index contributed by atoms with van der Waals surface area (Å²) in [5.74, 6) is 1.01. The molecule has 24 heavy (non-hydrogen) atoms. The molecule has 2 amide bonds. The van der Waals surface area contributed by atoms with E-state index in [1.54, 1.807) is 0 Å². The number of hydrogen-bond acceptors (Lipinski definition) is 5. The van der Waals surface area contributed by atoms with E-state index < -0.39 is 0 Å². The summed E-state index contributed by atoms with van der Waals surface area (Å²) >= 11 is 1.36. The van der Waals surface area contributed by atoms with Gasteiger partial charge in [-0.05, 0) is 24.7 Å². The van der Waals surface area contributed by atoms with E-state index >= 15 is 0 Å². The van der Waals surface area contributed by atoms with E-state index in [1.165, 1.54) is 11.3 Å². The van der Waals surface area contributed by atoms with Crippen molar-refractivity contribution < 1.29 is 9.59 Å². The van der Waals surface area contributed by atoms with E-state index in [4.69, 9.17) is 5.73 Å². The Kier molecular flexibility index (Phi) is 6.22. The lowest BCUT2D eigenvalue weighted by Gasteiger charge is -2.18. The van der Waals surface area contributed by atoms with E-state index in [0.717, 1.165) is 31.6 Å². The number of likely N-dealkylation sites (tertiary alicyclic amines) is 1. The van der Waals surface area contributed by atoms with E-state index in [1.807, 2.05) is 24.1 Å². The van der Waals surface area contributed by atoms with Crippen molar-refractivity contribution in [2.75, 3.05) is 18.4 Å². The predicted molar refractivity (Wildman–Crippen MR) is 97.3 cm³/mol. The van der Waals surface area contributed by atoms with Gasteiger partial charge in [-0.1, -0.05) is 13.8 Å². The van der Waals surface area contributed by atoms with Crippen molar-refractivity contribution in [1.29, 1.82) is 0 Å². The van der Waals surface area contributed by atoms with Crippen LogP contribution in [0.2, 0.25) is 0 Å². The van der Waals surface area contributed by atoms with Crippen LogP contribution in [-0.2, 0) is 16.0 Å². The first-order chi connectivity index (χ1) is 10.9. The minimum Gasteiger partial charge on any atom is -0.342 e. The van der Waals surface area contributed by atoms with Crippen molar-refractivity contribution in [3.63, 3.8) is 0 Å². The SMILES string of the molecule is CC(C)C(=O)Nc1nc(CC(=O)N2CC3CCC(N)C3C2)cs1.Cl. The lowest BCUT2D eigenvalue weighted by atomic mass is 9.98. The predicted octanol–water partition coefficient (Wildman–Crippen LogP) is 1.90. The molecule has 0 bridgehead atoms. The van der Waals surface area contributed by atoms with Crippen LogP contribution in [0.1, 0.15) is 32.4 Å². The summed E-state index contributed by atoms with van der Waals surface area (Å²) in [5, 5.41) is 5.18. The lowest BCUT2D eigenvalue weighted by Crippen LogP contribution is -2.34. The fourth-order valence-corrected chi connectivity index (χ4v) is 4.19. The molecule has 3 rings (SSSR count). The largest absolute Gasteiger partial charge is 0.342 e. The number of rotatable bonds is 4. The first-order valence-electron chi connectivity index (χ1n) is 8.22. The summed E-state index contributed by atoms with van der Waals surface area (Å²) in [6.45, 7) is 5.29. The lowest BCUT2D eigenvalue weighted by molar-refractivity contribution is -0.129. The summed E-state index contributed by atoms with van der Waals surface area (Å²) in [4.78, 5) is 30.4. The van der Waals surface area contributed by atoms with Crippen molar-refractivity contribution in [1.82, 2.24) is 9.88 Å². The van der Waals surface area contributed by atoms with Gasteiger partial charge in [0.1, 0.15) is 0 Å². The number of nitrogens with two attached hydrogens (primary N) is 1. The van der Waals surface area contributed by atoms with Crippen molar-refractivity contribution in [3.8, 4) is 0 Å². The molecule has 1 aromatic rings. The van der Waals surface area contributed by atoms with E-state index in [9.17, 15) is 9.59 Å². The van der Waals surface area contributed by atoms with Gasteiger partial charge in [0, 0.05) is 30.4 Å². The Morgan fingerprint density at radius 2 is 2.17 bits per heavy atom. The molecule has 0 radical (unpaired) electrons. The van der Waals surface area contributed by atoms with E-state index in [0.29, 0.717) is 23.4 Å². The Labute approximate surface area is 152 Å². The molecule has 3 N–H and O–H groups in total. The smallest absolute Gasteiger partial charge is 0.228 e. The highest BCUT2D eigenvalue weighted by Gasteiger charge is 2.42.